The Labute approximate surface area is 187 Å². The van der Waals surface area contributed by atoms with Crippen LogP contribution in [0, 0.1) is 20.8 Å². The van der Waals surface area contributed by atoms with E-state index >= 15 is 0 Å². The number of rotatable bonds is 5. The van der Waals surface area contributed by atoms with Gasteiger partial charge in [0, 0.05) is 6.07 Å². The molecular weight excluding hydrogens is 402 g/mol. The zero-order valence-corrected chi connectivity index (χ0v) is 18.2. The number of anilines is 3. The summed E-state index contributed by atoms with van der Waals surface area (Å²) in [6, 6.07) is 23.0. The highest BCUT2D eigenvalue weighted by atomic mass is 16.5. The number of para-hydroxylation sites is 2. The zero-order valence-electron chi connectivity index (χ0n) is 18.2. The van der Waals surface area contributed by atoms with Gasteiger partial charge in [0.05, 0.1) is 17.1 Å². The lowest BCUT2D eigenvalue weighted by atomic mass is 10.1. The Kier molecular flexibility index (Phi) is 5.65. The van der Waals surface area contributed by atoms with Gasteiger partial charge in [-0.15, -0.1) is 0 Å². The van der Waals surface area contributed by atoms with Gasteiger partial charge in [0.15, 0.2) is 5.75 Å². The molecule has 0 radical (unpaired) electrons. The van der Waals surface area contributed by atoms with Crippen molar-refractivity contribution in [2.45, 2.75) is 20.8 Å². The first-order valence-corrected chi connectivity index (χ1v) is 10.3. The average molecular weight is 428 g/mol. The van der Waals surface area contributed by atoms with E-state index in [9.17, 15) is 15.3 Å². The van der Waals surface area contributed by atoms with Crippen molar-refractivity contribution in [1.29, 1.82) is 0 Å². The predicted octanol–water partition coefficient (Wildman–Crippen LogP) is 6.99. The lowest BCUT2D eigenvalue weighted by Crippen LogP contribution is -2.12. The van der Waals surface area contributed by atoms with Crippen LogP contribution in [0.1, 0.15) is 16.7 Å². The predicted molar refractivity (Wildman–Crippen MR) is 127 cm³/mol. The summed E-state index contributed by atoms with van der Waals surface area (Å²) in [7, 11) is 0. The summed E-state index contributed by atoms with van der Waals surface area (Å²) < 4.78 is 6.17. The van der Waals surface area contributed by atoms with E-state index in [1.54, 1.807) is 35.2 Å². The highest BCUT2D eigenvalue weighted by molar-refractivity contribution is 5.86. The van der Waals surface area contributed by atoms with Crippen LogP contribution in [0.25, 0.3) is 0 Å². The Morgan fingerprint density at radius 2 is 1.19 bits per heavy atom. The molecule has 3 N–H and O–H groups in total. The lowest BCUT2D eigenvalue weighted by Gasteiger charge is -2.29. The topological polar surface area (TPSA) is 73.2 Å². The summed E-state index contributed by atoms with van der Waals surface area (Å²) in [6.07, 6.45) is 0. The largest absolute Gasteiger partial charge is 0.508 e. The van der Waals surface area contributed by atoms with Gasteiger partial charge in [-0.05, 0) is 86.0 Å². The van der Waals surface area contributed by atoms with E-state index in [0.29, 0.717) is 28.6 Å². The third-order valence-electron chi connectivity index (χ3n) is 5.11. The third kappa shape index (κ3) is 4.32. The molecule has 4 aromatic rings. The first kappa shape index (κ1) is 21.1. The van der Waals surface area contributed by atoms with Crippen LogP contribution in [-0.4, -0.2) is 15.3 Å². The molecule has 0 heterocycles. The lowest BCUT2D eigenvalue weighted by molar-refractivity contribution is 0.454. The molecule has 5 nitrogen and oxygen atoms in total. The van der Waals surface area contributed by atoms with Crippen LogP contribution in [0.5, 0.6) is 28.7 Å². The molecule has 5 heteroatoms. The molecule has 0 atom stereocenters. The van der Waals surface area contributed by atoms with Crippen LogP contribution in [0.3, 0.4) is 0 Å². The maximum absolute atomic E-state index is 10.7. The fourth-order valence-corrected chi connectivity index (χ4v) is 3.66. The number of ether oxygens (including phenoxy) is 1. The fraction of sp³-hybridized carbons (Fsp3) is 0.111. The van der Waals surface area contributed by atoms with E-state index in [-0.39, 0.29) is 17.2 Å². The molecule has 162 valence electrons. The van der Waals surface area contributed by atoms with E-state index in [4.69, 9.17) is 4.74 Å². The summed E-state index contributed by atoms with van der Waals surface area (Å²) in [5.41, 5.74) is 4.41. The maximum atomic E-state index is 10.7. The number of hydrogen-bond acceptors (Lipinski definition) is 5. The summed E-state index contributed by atoms with van der Waals surface area (Å²) in [5, 5.41) is 31.5. The van der Waals surface area contributed by atoms with E-state index < -0.39 is 0 Å². The Balaban J connectivity index is 1.93. The molecule has 0 bridgehead atoms. The third-order valence-corrected chi connectivity index (χ3v) is 5.11. The number of hydrogen-bond donors (Lipinski definition) is 3. The Bertz CT molecular complexity index is 1210. The average Bonchev–Trinajstić information content (AvgIpc) is 2.73. The first-order chi connectivity index (χ1) is 15.3. The minimum absolute atomic E-state index is 0.0690. The number of benzene rings is 4. The number of aryl methyl sites for hydroxylation is 3. The van der Waals surface area contributed by atoms with Crippen molar-refractivity contribution < 1.29 is 20.1 Å². The van der Waals surface area contributed by atoms with Gasteiger partial charge in [-0.25, -0.2) is 0 Å². The zero-order chi connectivity index (χ0) is 22.8. The van der Waals surface area contributed by atoms with E-state index in [1.165, 1.54) is 0 Å². The van der Waals surface area contributed by atoms with Crippen LogP contribution >= 0.6 is 0 Å². The van der Waals surface area contributed by atoms with Crippen molar-refractivity contribution in [3.63, 3.8) is 0 Å². The quantitative estimate of drug-likeness (QED) is 0.320. The van der Waals surface area contributed by atoms with E-state index in [2.05, 4.69) is 0 Å². The van der Waals surface area contributed by atoms with Crippen LogP contribution in [0.4, 0.5) is 17.1 Å². The van der Waals surface area contributed by atoms with Crippen molar-refractivity contribution in [1.82, 2.24) is 0 Å². The number of phenolic OH excluding ortho intramolecular Hbond substituents is 3. The van der Waals surface area contributed by atoms with Crippen molar-refractivity contribution in [2.24, 2.45) is 0 Å². The maximum Gasteiger partial charge on any atom is 0.151 e. The van der Waals surface area contributed by atoms with Gasteiger partial charge in [0.1, 0.15) is 23.0 Å². The summed E-state index contributed by atoms with van der Waals surface area (Å²) in [6.45, 7) is 5.75. The first-order valence-electron chi connectivity index (χ1n) is 10.3. The van der Waals surface area contributed by atoms with E-state index in [0.717, 1.165) is 16.7 Å². The standard InChI is InChI=1S/C27H25NO4/c1-17-8-10-25(30)23(14-17)28(24-15-18(2)9-11-26(24)31)22-6-4-5-7-27(22)32-21-13-19(3)12-20(29)16-21/h4-16,29-31H,1-3H3. The SMILES string of the molecule is Cc1cc(O)cc(Oc2ccccc2N(c2cc(C)ccc2O)c2cc(C)ccc2O)c1. The van der Waals surface area contributed by atoms with Gasteiger partial charge in [-0.2, -0.15) is 0 Å². The minimum Gasteiger partial charge on any atom is -0.508 e. The minimum atomic E-state index is 0.0690. The van der Waals surface area contributed by atoms with Gasteiger partial charge in [0.25, 0.3) is 0 Å². The number of nitrogens with zero attached hydrogens (tertiary/aromatic N) is 1. The van der Waals surface area contributed by atoms with E-state index in [1.807, 2.05) is 69.3 Å². The molecule has 0 aliphatic heterocycles. The molecule has 0 spiro atoms. The second kappa shape index (κ2) is 8.55. The highest BCUT2D eigenvalue weighted by Gasteiger charge is 2.23. The summed E-state index contributed by atoms with van der Waals surface area (Å²) >= 11 is 0. The van der Waals surface area contributed by atoms with Gasteiger partial charge in [0.2, 0.25) is 0 Å². The Hall–Kier alpha value is -4.12. The molecule has 0 unspecified atom stereocenters. The van der Waals surface area contributed by atoms with Crippen LogP contribution < -0.4 is 9.64 Å². The van der Waals surface area contributed by atoms with Gasteiger partial charge >= 0.3 is 0 Å². The second-order valence-corrected chi connectivity index (χ2v) is 7.89. The van der Waals surface area contributed by atoms with Crippen LogP contribution in [0.15, 0.2) is 78.9 Å². The van der Waals surface area contributed by atoms with Crippen molar-refractivity contribution in [2.75, 3.05) is 4.90 Å². The molecule has 0 saturated heterocycles. The molecule has 4 aromatic carbocycles. The van der Waals surface area contributed by atoms with Crippen molar-refractivity contribution in [3.05, 3.63) is 95.6 Å². The molecule has 0 amide bonds. The van der Waals surface area contributed by atoms with Crippen LogP contribution in [-0.2, 0) is 0 Å². The Morgan fingerprint density at radius 3 is 1.78 bits per heavy atom. The molecular formula is C27H25NO4. The fourth-order valence-electron chi connectivity index (χ4n) is 3.66. The normalized spacial score (nSPS) is 10.7. The van der Waals surface area contributed by atoms with Gasteiger partial charge in [-0.1, -0.05) is 24.3 Å². The summed E-state index contributed by atoms with van der Waals surface area (Å²) in [5.74, 6) is 1.23. The van der Waals surface area contributed by atoms with Crippen molar-refractivity contribution in [3.8, 4) is 28.7 Å². The molecule has 0 saturated carbocycles. The van der Waals surface area contributed by atoms with Gasteiger partial charge in [-0.3, -0.25) is 4.90 Å². The molecule has 0 aromatic heterocycles. The number of phenols is 3. The summed E-state index contributed by atoms with van der Waals surface area (Å²) in [4.78, 5) is 1.77. The highest BCUT2D eigenvalue weighted by Crippen LogP contribution is 2.47. The monoisotopic (exact) mass is 427 g/mol. The van der Waals surface area contributed by atoms with Crippen molar-refractivity contribution >= 4 is 17.1 Å². The molecule has 4 rings (SSSR count). The Morgan fingerprint density at radius 1 is 0.594 bits per heavy atom. The second-order valence-electron chi connectivity index (χ2n) is 7.89. The molecule has 0 fully saturated rings. The molecule has 0 aliphatic carbocycles. The molecule has 0 aliphatic rings. The molecule has 32 heavy (non-hydrogen) atoms. The smallest absolute Gasteiger partial charge is 0.151 e. The van der Waals surface area contributed by atoms with Gasteiger partial charge < -0.3 is 20.1 Å². The number of aromatic hydroxyl groups is 3. The van der Waals surface area contributed by atoms with Crippen LogP contribution in [0.2, 0.25) is 0 Å².